The van der Waals surface area contributed by atoms with Gasteiger partial charge in [0.05, 0.1) is 17.6 Å². The largest absolute Gasteiger partial charge is 0.496 e. The number of carbonyl (C=O) groups is 1. The molecule has 0 atom stereocenters. The van der Waals surface area contributed by atoms with Crippen LogP contribution in [0.5, 0.6) is 5.75 Å². The lowest BCUT2D eigenvalue weighted by atomic mass is 10.1. The van der Waals surface area contributed by atoms with Gasteiger partial charge in [-0.1, -0.05) is 0 Å². The summed E-state index contributed by atoms with van der Waals surface area (Å²) in [5, 5.41) is 2.48. The van der Waals surface area contributed by atoms with E-state index in [9.17, 15) is 13.2 Å². The first-order chi connectivity index (χ1) is 10.9. The number of likely N-dealkylation sites (tertiary alicyclic amines) is 1. The molecule has 0 unspecified atom stereocenters. The van der Waals surface area contributed by atoms with Gasteiger partial charge < -0.3 is 15.0 Å². The molecule has 0 spiro atoms. The van der Waals surface area contributed by atoms with Crippen LogP contribution in [-0.4, -0.2) is 59.6 Å². The van der Waals surface area contributed by atoms with Crippen LogP contribution < -0.4 is 14.8 Å². The van der Waals surface area contributed by atoms with Crippen molar-refractivity contribution < 1.29 is 17.9 Å². The molecule has 7 nitrogen and oxygen atoms in total. The van der Waals surface area contributed by atoms with Crippen LogP contribution in [0, 0.1) is 0 Å². The van der Waals surface area contributed by atoms with Gasteiger partial charge in [0.1, 0.15) is 5.75 Å². The van der Waals surface area contributed by atoms with Crippen LogP contribution in [0.25, 0.3) is 0 Å². The molecule has 128 valence electrons. The second-order valence-corrected chi connectivity index (χ2v) is 7.35. The summed E-state index contributed by atoms with van der Waals surface area (Å²) < 4.78 is 32.9. The molecule has 1 saturated heterocycles. The fourth-order valence-corrected chi connectivity index (χ4v) is 3.91. The molecule has 0 bridgehead atoms. The Morgan fingerprint density at radius 2 is 1.96 bits per heavy atom. The summed E-state index contributed by atoms with van der Waals surface area (Å²) in [5.74, 6) is -0.0548. The zero-order valence-corrected chi connectivity index (χ0v) is 14.4. The van der Waals surface area contributed by atoms with Crippen LogP contribution in [0.1, 0.15) is 23.2 Å². The molecule has 2 rings (SSSR count). The summed E-state index contributed by atoms with van der Waals surface area (Å²) in [6.45, 7) is 1.72. The maximum Gasteiger partial charge on any atom is 0.254 e. The molecule has 1 aliphatic rings. The first kappa shape index (κ1) is 17.7. The second-order valence-electron chi connectivity index (χ2n) is 5.64. The highest BCUT2D eigenvalue weighted by atomic mass is 32.2. The molecule has 0 aliphatic carbocycles. The molecule has 1 fully saturated rings. The zero-order valence-electron chi connectivity index (χ0n) is 13.6. The van der Waals surface area contributed by atoms with E-state index >= 15 is 0 Å². The topological polar surface area (TPSA) is 87.7 Å². The van der Waals surface area contributed by atoms with E-state index in [-0.39, 0.29) is 16.5 Å². The number of methoxy groups -OCH3 is 1. The molecule has 0 radical (unpaired) electrons. The van der Waals surface area contributed by atoms with Gasteiger partial charge in [0.25, 0.3) is 5.91 Å². The molecule has 0 saturated carbocycles. The maximum absolute atomic E-state index is 12.5. The Bertz CT molecular complexity index is 667. The number of sulfonamides is 1. The third-order valence-corrected chi connectivity index (χ3v) is 5.51. The molecule has 1 amide bonds. The molecule has 1 aliphatic heterocycles. The Hall–Kier alpha value is -1.64. The van der Waals surface area contributed by atoms with E-state index in [1.165, 1.54) is 32.4 Å². The van der Waals surface area contributed by atoms with E-state index in [0.717, 1.165) is 25.9 Å². The van der Waals surface area contributed by atoms with Crippen molar-refractivity contribution in [3.63, 3.8) is 0 Å². The van der Waals surface area contributed by atoms with Crippen molar-refractivity contribution in [1.82, 2.24) is 14.9 Å². The Labute approximate surface area is 137 Å². The van der Waals surface area contributed by atoms with Crippen molar-refractivity contribution in [1.29, 1.82) is 0 Å². The lowest BCUT2D eigenvalue weighted by molar-refractivity contribution is 0.0960. The van der Waals surface area contributed by atoms with Crippen molar-refractivity contribution in [2.24, 2.45) is 0 Å². The van der Waals surface area contributed by atoms with Gasteiger partial charge in [-0.2, -0.15) is 0 Å². The van der Waals surface area contributed by atoms with Crippen molar-refractivity contribution in [3.05, 3.63) is 23.8 Å². The fourth-order valence-electron chi connectivity index (χ4n) is 2.58. The predicted octanol–water partition coefficient (Wildman–Crippen LogP) is 0.427. The van der Waals surface area contributed by atoms with E-state index < -0.39 is 15.9 Å². The first-order valence-electron chi connectivity index (χ1n) is 7.48. The number of hydrogen-bond donors (Lipinski definition) is 2. The van der Waals surface area contributed by atoms with Crippen LogP contribution in [0.15, 0.2) is 23.1 Å². The number of carbonyl (C=O) groups excluding carboxylic acids is 1. The van der Waals surface area contributed by atoms with Gasteiger partial charge in [0.2, 0.25) is 10.0 Å². The van der Waals surface area contributed by atoms with E-state index in [2.05, 4.69) is 14.9 Å². The number of nitrogens with one attached hydrogen (secondary N) is 2. The highest BCUT2D eigenvalue weighted by Crippen LogP contribution is 2.23. The summed E-state index contributed by atoms with van der Waals surface area (Å²) in [6, 6.07) is 4.20. The average Bonchev–Trinajstić information content (AvgIpc) is 2.55. The molecule has 1 aromatic rings. The summed E-state index contributed by atoms with van der Waals surface area (Å²) in [4.78, 5) is 14.1. The zero-order chi connectivity index (χ0) is 17.0. The standard InChI is InChI=1S/C15H23N3O4S/c1-16-15(19)13-10-12(4-5-14(13)22-3)23(20,21)17-11-6-8-18(2)9-7-11/h4-5,10-11,17H,6-9H2,1-3H3,(H,16,19). The van der Waals surface area contributed by atoms with Crippen molar-refractivity contribution in [3.8, 4) is 5.75 Å². The van der Waals surface area contributed by atoms with Crippen LogP contribution in [0.4, 0.5) is 0 Å². The Morgan fingerprint density at radius 1 is 1.30 bits per heavy atom. The van der Waals surface area contributed by atoms with Crippen molar-refractivity contribution in [2.75, 3.05) is 34.3 Å². The van der Waals surface area contributed by atoms with Crippen molar-refractivity contribution in [2.45, 2.75) is 23.8 Å². The molecule has 0 aromatic heterocycles. The van der Waals surface area contributed by atoms with E-state index in [4.69, 9.17) is 4.74 Å². The van der Waals surface area contributed by atoms with Crippen LogP contribution in [0.3, 0.4) is 0 Å². The van der Waals surface area contributed by atoms with Crippen LogP contribution in [-0.2, 0) is 10.0 Å². The Balaban J connectivity index is 2.24. The first-order valence-corrected chi connectivity index (χ1v) is 8.96. The number of amides is 1. The molecule has 2 N–H and O–H groups in total. The van der Waals surface area contributed by atoms with Crippen LogP contribution >= 0.6 is 0 Å². The third kappa shape index (κ3) is 4.21. The summed E-state index contributed by atoms with van der Waals surface area (Å²) in [6.07, 6.45) is 1.54. The van der Waals surface area contributed by atoms with Gasteiger partial charge >= 0.3 is 0 Å². The minimum absolute atomic E-state index is 0.0656. The molecule has 23 heavy (non-hydrogen) atoms. The number of hydrogen-bond acceptors (Lipinski definition) is 5. The Morgan fingerprint density at radius 3 is 2.52 bits per heavy atom. The summed E-state index contributed by atoms with van der Waals surface area (Å²) >= 11 is 0. The smallest absolute Gasteiger partial charge is 0.254 e. The monoisotopic (exact) mass is 341 g/mol. The maximum atomic E-state index is 12.5. The quantitative estimate of drug-likeness (QED) is 0.811. The minimum atomic E-state index is -3.67. The van der Waals surface area contributed by atoms with Gasteiger partial charge in [-0.15, -0.1) is 0 Å². The SMILES string of the molecule is CNC(=O)c1cc(S(=O)(=O)NC2CCN(C)CC2)ccc1OC. The van der Waals surface area contributed by atoms with E-state index in [1.54, 1.807) is 0 Å². The van der Waals surface area contributed by atoms with E-state index in [0.29, 0.717) is 5.75 Å². The number of piperidine rings is 1. The number of nitrogens with zero attached hydrogens (tertiary/aromatic N) is 1. The molecule has 8 heteroatoms. The number of benzene rings is 1. The van der Waals surface area contributed by atoms with E-state index in [1.807, 2.05) is 7.05 Å². The molecule has 1 heterocycles. The van der Waals surface area contributed by atoms with Gasteiger partial charge in [-0.05, 0) is 51.2 Å². The molecule has 1 aromatic carbocycles. The summed E-state index contributed by atoms with van der Waals surface area (Å²) in [7, 11) is 1.27. The predicted molar refractivity (Wildman–Crippen MR) is 87.2 cm³/mol. The lowest BCUT2D eigenvalue weighted by Gasteiger charge is -2.29. The fraction of sp³-hybridized carbons (Fsp3) is 0.533. The van der Waals surface area contributed by atoms with Gasteiger partial charge in [-0.25, -0.2) is 13.1 Å². The third-order valence-electron chi connectivity index (χ3n) is 3.99. The number of rotatable bonds is 5. The number of ether oxygens (including phenoxy) is 1. The van der Waals surface area contributed by atoms with Gasteiger partial charge in [-0.3, -0.25) is 4.79 Å². The highest BCUT2D eigenvalue weighted by Gasteiger charge is 2.25. The second kappa shape index (κ2) is 7.29. The molecular weight excluding hydrogens is 318 g/mol. The minimum Gasteiger partial charge on any atom is -0.496 e. The van der Waals surface area contributed by atoms with Crippen LogP contribution in [0.2, 0.25) is 0 Å². The molecular formula is C15H23N3O4S. The average molecular weight is 341 g/mol. The normalized spacial score (nSPS) is 17.0. The van der Waals surface area contributed by atoms with Gasteiger partial charge in [0, 0.05) is 13.1 Å². The summed E-state index contributed by atoms with van der Waals surface area (Å²) in [5.41, 5.74) is 0.196. The highest BCUT2D eigenvalue weighted by molar-refractivity contribution is 7.89. The Kier molecular flexibility index (Phi) is 5.61. The lowest BCUT2D eigenvalue weighted by Crippen LogP contribution is -2.43. The van der Waals surface area contributed by atoms with Gasteiger partial charge in [0.15, 0.2) is 0 Å². The van der Waals surface area contributed by atoms with Crippen molar-refractivity contribution >= 4 is 15.9 Å².